The lowest BCUT2D eigenvalue weighted by molar-refractivity contribution is -0.141. The molecular formula is C36H46N8O10S2. The third kappa shape index (κ3) is 9.46. The zero-order valence-corrected chi connectivity index (χ0v) is 33.2. The maximum atomic E-state index is 14.4. The highest BCUT2D eigenvalue weighted by Gasteiger charge is 2.62. The molecule has 1 saturated carbocycles. The Hall–Kier alpha value is -5.11. The average Bonchev–Trinajstić information content (AvgIpc) is 3.50. The number of hydrogen-bond acceptors (Lipinski definition) is 13. The number of allylic oxidation sites excluding steroid dienone is 1. The largest absolute Gasteiger partial charge is 0.444 e. The molecule has 4 N–H and O–H groups in total. The van der Waals surface area contributed by atoms with Crippen molar-refractivity contribution >= 4 is 62.3 Å². The fraction of sp³-hybridized carbons (Fsp3) is 0.556. The Morgan fingerprint density at radius 1 is 1.04 bits per heavy atom. The number of benzene rings is 1. The summed E-state index contributed by atoms with van der Waals surface area (Å²) in [6, 6.07) is 5.25. The fourth-order valence-electron chi connectivity index (χ4n) is 7.07. The number of carbonyl (C=O) groups is 6. The summed E-state index contributed by atoms with van der Waals surface area (Å²) < 4.78 is 39.3. The fourth-order valence-corrected chi connectivity index (χ4v) is 9.06. The molecule has 0 bridgehead atoms. The lowest BCUT2D eigenvalue weighted by Crippen LogP contribution is -2.58. The van der Waals surface area contributed by atoms with Crippen LogP contribution in [0.3, 0.4) is 0 Å². The highest BCUT2D eigenvalue weighted by Crippen LogP contribution is 2.46. The zero-order chi connectivity index (χ0) is 40.4. The summed E-state index contributed by atoms with van der Waals surface area (Å²) >= 11 is 0.539. The summed E-state index contributed by atoms with van der Waals surface area (Å²) in [6.07, 6.45) is 4.00. The molecule has 56 heavy (non-hydrogen) atoms. The van der Waals surface area contributed by atoms with Crippen LogP contribution in [0.15, 0.2) is 40.8 Å². The van der Waals surface area contributed by atoms with Crippen molar-refractivity contribution in [2.24, 2.45) is 5.92 Å². The number of amides is 6. The highest BCUT2D eigenvalue weighted by molar-refractivity contribution is 7.92. The van der Waals surface area contributed by atoms with Crippen LogP contribution < -0.4 is 20.7 Å². The van der Waals surface area contributed by atoms with Crippen molar-refractivity contribution in [2.45, 2.75) is 119 Å². The van der Waals surface area contributed by atoms with Crippen molar-refractivity contribution < 1.29 is 46.7 Å². The van der Waals surface area contributed by atoms with Gasteiger partial charge in [-0.05, 0) is 57.6 Å². The third-order valence-corrected chi connectivity index (χ3v) is 12.4. The molecule has 20 heteroatoms. The Labute approximate surface area is 328 Å². The number of carbonyl (C=O) groups excluding carboxylic acids is 6. The van der Waals surface area contributed by atoms with Crippen molar-refractivity contribution in [1.82, 2.24) is 35.4 Å². The summed E-state index contributed by atoms with van der Waals surface area (Å²) in [4.78, 5) is 83.2. The topological polar surface area (TPSA) is 235 Å². The van der Waals surface area contributed by atoms with E-state index < -0.39 is 85.4 Å². The van der Waals surface area contributed by atoms with E-state index in [-0.39, 0.29) is 30.9 Å². The van der Waals surface area contributed by atoms with E-state index in [9.17, 15) is 37.2 Å². The quantitative estimate of drug-likeness (QED) is 0.244. The number of aromatic nitrogens is 2. The SMILES string of the molecule is CC(=O)Nc1nnc(S(=O)(=O)NC(=O)[C@@]23C[C@H]2C=CCCCCC[C@H](NC(=O)OC(C)(C)C)C(=O)N2C[C@H](OC(=O)N4Cc5ccccc5C4)C[C@H]2C(=O)N3)s1. The normalized spacial score (nSPS) is 25.4. The van der Waals surface area contributed by atoms with Crippen LogP contribution in [0, 0.1) is 5.92 Å². The molecule has 1 aromatic carbocycles. The van der Waals surface area contributed by atoms with E-state index >= 15 is 0 Å². The molecule has 1 aliphatic carbocycles. The second-order valence-corrected chi connectivity index (χ2v) is 18.2. The van der Waals surface area contributed by atoms with Gasteiger partial charge in [0.05, 0.1) is 6.54 Å². The Kier molecular flexibility index (Phi) is 11.7. The predicted octanol–water partition coefficient (Wildman–Crippen LogP) is 2.71. The average molecular weight is 815 g/mol. The second kappa shape index (κ2) is 16.2. The Morgan fingerprint density at radius 2 is 1.75 bits per heavy atom. The predicted molar refractivity (Wildman–Crippen MR) is 200 cm³/mol. The molecular weight excluding hydrogens is 769 g/mol. The van der Waals surface area contributed by atoms with Gasteiger partial charge in [-0.3, -0.25) is 24.1 Å². The van der Waals surface area contributed by atoms with Crippen molar-refractivity contribution in [3.63, 3.8) is 0 Å². The van der Waals surface area contributed by atoms with E-state index in [2.05, 4.69) is 26.1 Å². The molecule has 0 radical (unpaired) electrons. The van der Waals surface area contributed by atoms with Gasteiger partial charge in [0.1, 0.15) is 29.3 Å². The number of anilines is 1. The molecule has 2 fully saturated rings. The first-order valence-electron chi connectivity index (χ1n) is 18.4. The van der Waals surface area contributed by atoms with Gasteiger partial charge < -0.3 is 30.3 Å². The number of ether oxygens (including phenoxy) is 2. The third-order valence-electron chi connectivity index (χ3n) is 9.85. The lowest BCUT2D eigenvalue weighted by Gasteiger charge is -2.30. The number of sulfonamides is 1. The Balaban J connectivity index is 1.25. The molecule has 1 saturated heterocycles. The smallest absolute Gasteiger partial charge is 0.410 e. The molecule has 302 valence electrons. The minimum Gasteiger partial charge on any atom is -0.444 e. The maximum absolute atomic E-state index is 14.4. The van der Waals surface area contributed by atoms with Gasteiger partial charge in [-0.25, -0.2) is 14.3 Å². The zero-order valence-electron chi connectivity index (χ0n) is 31.5. The molecule has 6 rings (SSSR count). The number of nitrogens with zero attached hydrogens (tertiary/aromatic N) is 4. The molecule has 4 heterocycles. The van der Waals surface area contributed by atoms with Crippen LogP contribution in [0.25, 0.3) is 0 Å². The first-order chi connectivity index (χ1) is 26.4. The van der Waals surface area contributed by atoms with Crippen molar-refractivity contribution in [3.8, 4) is 0 Å². The molecule has 2 aromatic rings. The van der Waals surface area contributed by atoms with Gasteiger partial charge in [-0.2, -0.15) is 8.42 Å². The number of nitrogens with one attached hydrogen (secondary N) is 4. The molecule has 0 unspecified atom stereocenters. The van der Waals surface area contributed by atoms with Crippen LogP contribution in [-0.2, 0) is 51.8 Å². The van der Waals surface area contributed by atoms with Crippen LogP contribution in [-0.4, -0.2) is 100 Å². The molecule has 1 aromatic heterocycles. The van der Waals surface area contributed by atoms with Crippen molar-refractivity contribution in [3.05, 3.63) is 47.5 Å². The minimum atomic E-state index is -4.59. The number of alkyl carbamates (subject to hydrolysis) is 1. The van der Waals surface area contributed by atoms with Gasteiger partial charge in [0.15, 0.2) is 0 Å². The highest BCUT2D eigenvalue weighted by atomic mass is 32.2. The maximum Gasteiger partial charge on any atom is 0.410 e. The van der Waals surface area contributed by atoms with Gasteiger partial charge in [0.2, 0.25) is 22.9 Å². The van der Waals surface area contributed by atoms with Gasteiger partial charge in [-0.15, -0.1) is 10.2 Å². The summed E-state index contributed by atoms with van der Waals surface area (Å²) in [5, 5.41) is 14.9. The standard InChI is InChI=1S/C36H46N8O10S2/c1-21(45)37-31-40-41-33(55-31)56(51,52)42-30(48)36-17-24(36)14-8-6-5-7-9-15-26(38-32(49)54-35(2,3)4)29(47)44-20-25(16-27(44)28(46)39-36)53-34(50)43-18-22-12-10-11-13-23(22)19-43/h8,10-14,24-27H,5-7,9,15-20H2,1-4H3,(H,38,49)(H,39,46)(H,42,48)(H,37,40,45)/t24-,25-,26+,27+,36-/m1/s1. The van der Waals surface area contributed by atoms with Gasteiger partial charge in [-0.1, -0.05) is 60.6 Å². The molecule has 3 aliphatic heterocycles. The van der Waals surface area contributed by atoms with Crippen LogP contribution in [0.5, 0.6) is 0 Å². The van der Waals surface area contributed by atoms with E-state index in [1.165, 1.54) is 16.7 Å². The van der Waals surface area contributed by atoms with Crippen LogP contribution in [0.4, 0.5) is 14.7 Å². The first kappa shape index (κ1) is 40.6. The van der Waals surface area contributed by atoms with Crippen LogP contribution >= 0.6 is 11.3 Å². The Bertz CT molecular complexity index is 2010. The molecule has 6 amide bonds. The van der Waals surface area contributed by atoms with Gasteiger partial charge in [0.25, 0.3) is 20.3 Å². The number of rotatable bonds is 6. The molecule has 0 spiro atoms. The summed E-state index contributed by atoms with van der Waals surface area (Å²) in [5.41, 5.74) is -0.610. The molecule has 4 aliphatic rings. The summed E-state index contributed by atoms with van der Waals surface area (Å²) in [5.74, 6) is -3.49. The minimum absolute atomic E-state index is 0.0568. The van der Waals surface area contributed by atoms with E-state index in [0.717, 1.165) is 17.5 Å². The van der Waals surface area contributed by atoms with Crippen LogP contribution in [0.2, 0.25) is 0 Å². The van der Waals surface area contributed by atoms with Gasteiger partial charge >= 0.3 is 12.2 Å². The molecule has 5 atom stereocenters. The van der Waals surface area contributed by atoms with Gasteiger partial charge in [0, 0.05) is 32.4 Å². The van der Waals surface area contributed by atoms with E-state index in [1.54, 1.807) is 26.8 Å². The first-order valence-corrected chi connectivity index (χ1v) is 20.7. The van der Waals surface area contributed by atoms with E-state index in [0.29, 0.717) is 43.7 Å². The van der Waals surface area contributed by atoms with E-state index in [4.69, 9.17) is 9.47 Å². The lowest BCUT2D eigenvalue weighted by atomic mass is 10.0. The van der Waals surface area contributed by atoms with Crippen LogP contribution in [0.1, 0.15) is 83.8 Å². The Morgan fingerprint density at radius 3 is 2.43 bits per heavy atom. The number of fused-ring (bicyclic) bond motifs is 3. The van der Waals surface area contributed by atoms with E-state index in [1.807, 2.05) is 35.1 Å². The van der Waals surface area contributed by atoms with Crippen molar-refractivity contribution in [2.75, 3.05) is 11.9 Å². The summed E-state index contributed by atoms with van der Waals surface area (Å²) in [6.45, 7) is 6.77. The van der Waals surface area contributed by atoms with Crippen molar-refractivity contribution in [1.29, 1.82) is 0 Å². The monoisotopic (exact) mass is 814 g/mol. The second-order valence-electron chi connectivity index (χ2n) is 15.4. The number of hydrogen-bond donors (Lipinski definition) is 4. The summed E-state index contributed by atoms with van der Waals surface area (Å²) in [7, 11) is -4.59. The molecule has 18 nitrogen and oxygen atoms in total.